The van der Waals surface area contributed by atoms with E-state index in [0.717, 1.165) is 4.57 Å². The Morgan fingerprint density at radius 3 is 2.80 bits per heavy atom. The van der Waals surface area contributed by atoms with Crippen LogP contribution in [0.3, 0.4) is 0 Å². The summed E-state index contributed by atoms with van der Waals surface area (Å²) in [5.74, 6) is -1.29. The van der Waals surface area contributed by atoms with Crippen LogP contribution in [0.15, 0.2) is 46.4 Å². The van der Waals surface area contributed by atoms with Crippen molar-refractivity contribution >= 4 is 25.4 Å². The number of rotatable bonds is 11. The molecule has 0 amide bonds. The summed E-state index contributed by atoms with van der Waals surface area (Å²) in [5, 5.41) is 4.36. The topological polar surface area (TPSA) is 173 Å². The third-order valence-corrected chi connectivity index (χ3v) is 8.39. The van der Waals surface area contributed by atoms with Crippen molar-refractivity contribution in [2.45, 2.75) is 64.2 Å². The van der Waals surface area contributed by atoms with Crippen LogP contribution >= 0.6 is 19.4 Å². The Balaban J connectivity index is 1.65. The van der Waals surface area contributed by atoms with Gasteiger partial charge in [-0.1, -0.05) is 42.7 Å². The first-order valence-corrected chi connectivity index (χ1v) is 15.0. The first-order valence-electron chi connectivity index (χ1n) is 13.2. The SMILES string of the molecule is CCOc1ccn([C@@H]2O[C@@](CO[P@@]3(=O)OCC[C@@H](c4cccc(Cl)c4)O3)(N=[N+]=[N-])[C@@H](CC)[C@H]2OC(=O)CC)c(=O)n1. The number of azide groups is 1. The van der Waals surface area contributed by atoms with E-state index >= 15 is 0 Å². The molecule has 0 aliphatic carbocycles. The van der Waals surface area contributed by atoms with Gasteiger partial charge in [0, 0.05) is 41.0 Å². The third-order valence-electron chi connectivity index (χ3n) is 6.70. The first-order chi connectivity index (χ1) is 19.7. The van der Waals surface area contributed by atoms with Crippen molar-refractivity contribution in [2.75, 3.05) is 19.8 Å². The number of esters is 1. The van der Waals surface area contributed by atoms with Gasteiger partial charge >= 0.3 is 19.5 Å². The summed E-state index contributed by atoms with van der Waals surface area (Å²) in [6, 6.07) is 8.37. The summed E-state index contributed by atoms with van der Waals surface area (Å²) in [6.07, 6.45) is -0.897. The van der Waals surface area contributed by atoms with E-state index in [0.29, 0.717) is 23.6 Å². The Morgan fingerprint density at radius 1 is 1.34 bits per heavy atom. The minimum atomic E-state index is -4.19. The fourth-order valence-corrected chi connectivity index (χ4v) is 6.41. The molecule has 0 saturated carbocycles. The summed E-state index contributed by atoms with van der Waals surface area (Å²) in [7, 11) is -4.19. The van der Waals surface area contributed by atoms with Crippen LogP contribution in [0.1, 0.15) is 57.9 Å². The highest BCUT2D eigenvalue weighted by molar-refractivity contribution is 7.48. The molecule has 1 aromatic carbocycles. The van der Waals surface area contributed by atoms with Gasteiger partial charge in [-0.2, -0.15) is 4.98 Å². The molecule has 4 rings (SSSR count). The number of nitrogens with zero attached hydrogens (tertiary/aromatic N) is 5. The Morgan fingerprint density at radius 2 is 2.15 bits per heavy atom. The molecule has 2 fully saturated rings. The van der Waals surface area contributed by atoms with Crippen molar-refractivity contribution in [3.8, 4) is 5.88 Å². The summed E-state index contributed by atoms with van der Waals surface area (Å²) in [6.45, 7) is 4.89. The van der Waals surface area contributed by atoms with Crippen molar-refractivity contribution in [3.63, 3.8) is 0 Å². The number of phosphoric acid groups is 1. The van der Waals surface area contributed by atoms with E-state index in [-0.39, 0.29) is 25.3 Å². The van der Waals surface area contributed by atoms with Crippen molar-refractivity contribution in [2.24, 2.45) is 11.0 Å². The summed E-state index contributed by atoms with van der Waals surface area (Å²) < 4.78 is 48.7. The quantitative estimate of drug-likeness (QED) is 0.104. The minimum Gasteiger partial charge on any atom is -0.478 e. The lowest BCUT2D eigenvalue weighted by molar-refractivity contribution is -0.157. The highest BCUT2D eigenvalue weighted by Crippen LogP contribution is 2.58. The molecule has 0 N–H and O–H groups in total. The summed E-state index contributed by atoms with van der Waals surface area (Å²) in [5.41, 5.74) is 7.59. The lowest BCUT2D eigenvalue weighted by Gasteiger charge is -2.33. The number of benzene rings is 1. The van der Waals surface area contributed by atoms with E-state index in [1.165, 1.54) is 12.3 Å². The average Bonchev–Trinajstić information content (AvgIpc) is 3.25. The molecular weight excluding hydrogens is 581 g/mol. The Kier molecular flexibility index (Phi) is 10.1. The molecule has 0 bridgehead atoms. The number of ether oxygens (including phenoxy) is 3. The monoisotopic (exact) mass is 611 g/mol. The number of carbonyl (C=O) groups is 1. The van der Waals surface area contributed by atoms with Gasteiger partial charge in [-0.05, 0) is 36.6 Å². The molecule has 2 saturated heterocycles. The fraction of sp³-hybridized carbons (Fsp3) is 0.560. The van der Waals surface area contributed by atoms with E-state index in [1.807, 2.05) is 0 Å². The molecule has 2 aromatic rings. The zero-order valence-electron chi connectivity index (χ0n) is 22.8. The van der Waals surface area contributed by atoms with E-state index in [1.54, 1.807) is 45.0 Å². The summed E-state index contributed by atoms with van der Waals surface area (Å²) in [4.78, 5) is 32.2. The number of aromatic nitrogens is 2. The molecule has 6 atom stereocenters. The Labute approximate surface area is 241 Å². The van der Waals surface area contributed by atoms with E-state index in [4.69, 9.17) is 39.4 Å². The molecule has 1 aromatic heterocycles. The van der Waals surface area contributed by atoms with E-state index in [9.17, 15) is 19.7 Å². The lowest BCUT2D eigenvalue weighted by atomic mass is 9.90. The van der Waals surface area contributed by atoms with Crippen LogP contribution in [0.2, 0.25) is 5.02 Å². The smallest absolute Gasteiger partial charge is 0.475 e. The second kappa shape index (κ2) is 13.3. The van der Waals surface area contributed by atoms with Gasteiger partial charge in [-0.25, -0.2) is 9.36 Å². The first kappa shape index (κ1) is 31.0. The maximum atomic E-state index is 13.6. The highest BCUT2D eigenvalue weighted by Gasteiger charge is 2.58. The fourth-order valence-electron chi connectivity index (χ4n) is 4.81. The van der Waals surface area contributed by atoms with Crippen LogP contribution in [0.4, 0.5) is 0 Å². The number of hydrogen-bond donors (Lipinski definition) is 0. The molecule has 0 unspecified atom stereocenters. The predicted octanol–water partition coefficient (Wildman–Crippen LogP) is 5.48. The van der Waals surface area contributed by atoms with Gasteiger partial charge in [0.15, 0.2) is 18.1 Å². The third kappa shape index (κ3) is 6.92. The molecule has 2 aliphatic heterocycles. The molecule has 16 heteroatoms. The van der Waals surface area contributed by atoms with Crippen molar-refractivity contribution in [3.05, 3.63) is 68.0 Å². The van der Waals surface area contributed by atoms with Gasteiger partial charge in [0.05, 0.1) is 25.9 Å². The minimum absolute atomic E-state index is 0.0445. The Bertz CT molecular complexity index is 1400. The molecular formula is C25H31ClN5O9P. The van der Waals surface area contributed by atoms with Gasteiger partial charge in [0.2, 0.25) is 5.88 Å². The standard InChI is InChI=1S/C25H31ClN5O9P/c1-4-18-22(38-21(32)5-2)23(31-12-10-20(35-6-3)28-24(31)33)39-25(18,29-30-27)15-37-41(34)36-13-11-19(40-41)16-8-7-9-17(26)14-16/h7-10,12,14,18-19,22-23H,4-6,11,13,15H2,1-3H3/t18-,19-,22+,23+,25+,41+/m0/s1. The highest BCUT2D eigenvalue weighted by atomic mass is 35.5. The number of halogens is 1. The predicted molar refractivity (Wildman–Crippen MR) is 145 cm³/mol. The van der Waals surface area contributed by atoms with Gasteiger partial charge in [-0.3, -0.25) is 22.9 Å². The Hall–Kier alpha value is -2.96. The molecule has 222 valence electrons. The number of hydrogen-bond acceptors (Lipinski definition) is 11. The van der Waals surface area contributed by atoms with Gasteiger partial charge in [0.1, 0.15) is 0 Å². The van der Waals surface area contributed by atoms with Crippen LogP contribution in [-0.4, -0.2) is 47.2 Å². The van der Waals surface area contributed by atoms with Crippen LogP contribution in [0, 0.1) is 5.92 Å². The van der Waals surface area contributed by atoms with Crippen LogP contribution < -0.4 is 10.4 Å². The molecule has 3 heterocycles. The maximum Gasteiger partial charge on any atom is 0.475 e. The normalized spacial score (nSPS) is 29.5. The van der Waals surface area contributed by atoms with Crippen molar-refractivity contribution in [1.29, 1.82) is 0 Å². The second-order valence-corrected chi connectivity index (χ2v) is 11.3. The average molecular weight is 612 g/mol. The number of phosphoric ester groups is 1. The molecule has 2 aliphatic rings. The van der Waals surface area contributed by atoms with Crippen molar-refractivity contribution < 1.29 is 37.1 Å². The van der Waals surface area contributed by atoms with Crippen LogP contribution in [0.5, 0.6) is 5.88 Å². The van der Waals surface area contributed by atoms with Crippen molar-refractivity contribution in [1.82, 2.24) is 9.55 Å². The number of carbonyl (C=O) groups excluding carboxylic acids is 1. The zero-order chi connectivity index (χ0) is 29.6. The molecule has 0 spiro atoms. The molecule has 0 radical (unpaired) electrons. The van der Waals surface area contributed by atoms with Crippen LogP contribution in [0.25, 0.3) is 10.4 Å². The largest absolute Gasteiger partial charge is 0.478 e. The molecule has 14 nitrogen and oxygen atoms in total. The zero-order valence-corrected chi connectivity index (χ0v) is 24.4. The van der Waals surface area contributed by atoms with Gasteiger partial charge < -0.3 is 14.2 Å². The lowest BCUT2D eigenvalue weighted by Crippen LogP contribution is -2.41. The summed E-state index contributed by atoms with van der Waals surface area (Å²) >= 11 is 6.11. The maximum absolute atomic E-state index is 13.6. The second-order valence-electron chi connectivity index (χ2n) is 9.25. The van der Waals surface area contributed by atoms with E-state index in [2.05, 4.69) is 15.0 Å². The van der Waals surface area contributed by atoms with Crippen LogP contribution in [-0.2, 0) is 32.4 Å². The van der Waals surface area contributed by atoms with Gasteiger partial charge in [0.25, 0.3) is 0 Å². The van der Waals surface area contributed by atoms with E-state index < -0.39 is 56.2 Å². The molecule has 41 heavy (non-hydrogen) atoms. The van der Waals surface area contributed by atoms with Gasteiger partial charge in [-0.15, -0.1) is 0 Å².